The zero-order valence-corrected chi connectivity index (χ0v) is 17.4. The van der Waals surface area contributed by atoms with E-state index in [2.05, 4.69) is 26.1 Å². The summed E-state index contributed by atoms with van der Waals surface area (Å²) < 4.78 is 2.17. The fourth-order valence-corrected chi connectivity index (χ4v) is 4.87. The highest BCUT2D eigenvalue weighted by molar-refractivity contribution is 7.99. The molecule has 140 valence electrons. The molecular weight excluding hydrogens is 400 g/mol. The molecule has 0 unspecified atom stereocenters. The number of carbonyl (C=O) groups is 1. The number of carbonyl (C=O) groups excluding carboxylic acids is 1. The maximum atomic E-state index is 12.5. The predicted molar refractivity (Wildman–Crippen MR) is 112 cm³/mol. The van der Waals surface area contributed by atoms with Crippen molar-refractivity contribution in [2.24, 2.45) is 0 Å². The minimum atomic E-state index is -0.100. The van der Waals surface area contributed by atoms with Gasteiger partial charge in [-0.25, -0.2) is 0 Å². The number of nitrogens with one attached hydrogen (secondary N) is 1. The lowest BCUT2D eigenvalue weighted by atomic mass is 10.1. The number of benzene rings is 1. The first kappa shape index (κ1) is 18.5. The molecular formula is C19H19ClN4OS2. The summed E-state index contributed by atoms with van der Waals surface area (Å²) >= 11 is 9.35. The van der Waals surface area contributed by atoms with E-state index in [1.54, 1.807) is 11.3 Å². The summed E-state index contributed by atoms with van der Waals surface area (Å²) in [6.45, 7) is 3.93. The molecule has 0 radical (unpaired) electrons. The van der Waals surface area contributed by atoms with Gasteiger partial charge >= 0.3 is 0 Å². The molecule has 3 aromatic rings. The maximum Gasteiger partial charge on any atom is 0.234 e. The van der Waals surface area contributed by atoms with Crippen molar-refractivity contribution in [3.05, 3.63) is 45.8 Å². The van der Waals surface area contributed by atoms with Gasteiger partial charge in [-0.1, -0.05) is 35.5 Å². The first-order valence-electron chi connectivity index (χ1n) is 8.71. The first-order chi connectivity index (χ1) is 13.0. The van der Waals surface area contributed by atoms with Crippen LogP contribution in [0, 0.1) is 13.8 Å². The van der Waals surface area contributed by atoms with Crippen LogP contribution in [0.1, 0.15) is 30.0 Å². The van der Waals surface area contributed by atoms with Gasteiger partial charge in [0.05, 0.1) is 21.3 Å². The molecule has 5 nitrogen and oxygen atoms in total. The molecule has 1 aliphatic carbocycles. The summed E-state index contributed by atoms with van der Waals surface area (Å²) in [5, 5.41) is 15.0. The molecule has 0 spiro atoms. The molecule has 1 aromatic carbocycles. The molecule has 1 saturated carbocycles. The van der Waals surface area contributed by atoms with Gasteiger partial charge < -0.3 is 5.32 Å². The summed E-state index contributed by atoms with van der Waals surface area (Å²) in [6, 6.07) is 8.37. The molecule has 1 N–H and O–H groups in total. The fourth-order valence-electron chi connectivity index (χ4n) is 2.99. The Kier molecular flexibility index (Phi) is 5.25. The highest BCUT2D eigenvalue weighted by Gasteiger charge is 2.30. The third kappa shape index (κ3) is 4.05. The molecule has 1 fully saturated rings. The number of thioether (sulfide) groups is 1. The van der Waals surface area contributed by atoms with Crippen LogP contribution in [-0.4, -0.2) is 26.4 Å². The number of thiophene rings is 1. The zero-order chi connectivity index (χ0) is 19.0. The second kappa shape index (κ2) is 7.66. The van der Waals surface area contributed by atoms with Gasteiger partial charge in [-0.15, -0.1) is 21.5 Å². The van der Waals surface area contributed by atoms with Crippen LogP contribution < -0.4 is 5.32 Å². The second-order valence-electron chi connectivity index (χ2n) is 6.66. The smallest absolute Gasteiger partial charge is 0.234 e. The van der Waals surface area contributed by atoms with Gasteiger partial charge in [-0.3, -0.25) is 9.36 Å². The Morgan fingerprint density at radius 3 is 2.85 bits per heavy atom. The van der Waals surface area contributed by atoms with E-state index in [0.29, 0.717) is 16.8 Å². The number of rotatable bonds is 6. The number of aryl methyl sites for hydroxylation is 2. The molecule has 0 atom stereocenters. The molecule has 0 bridgehead atoms. The van der Waals surface area contributed by atoms with E-state index in [9.17, 15) is 4.79 Å². The highest BCUT2D eigenvalue weighted by atomic mass is 35.5. The molecule has 0 aliphatic heterocycles. The average Bonchev–Trinajstić information content (AvgIpc) is 3.15. The van der Waals surface area contributed by atoms with E-state index in [4.69, 9.17) is 11.6 Å². The summed E-state index contributed by atoms with van der Waals surface area (Å²) in [4.78, 5) is 13.6. The van der Waals surface area contributed by atoms with Crippen LogP contribution in [-0.2, 0) is 4.79 Å². The molecule has 8 heteroatoms. The first-order valence-corrected chi connectivity index (χ1v) is 11.0. The van der Waals surface area contributed by atoms with E-state index in [0.717, 1.165) is 39.8 Å². The topological polar surface area (TPSA) is 59.8 Å². The van der Waals surface area contributed by atoms with E-state index < -0.39 is 0 Å². The van der Waals surface area contributed by atoms with Crippen molar-refractivity contribution in [3.8, 4) is 10.7 Å². The largest absolute Gasteiger partial charge is 0.324 e. The number of nitrogens with zero attached hydrogens (tertiary/aromatic N) is 3. The molecule has 0 saturated heterocycles. The van der Waals surface area contributed by atoms with E-state index >= 15 is 0 Å². The number of hydrogen-bond donors (Lipinski definition) is 1. The Balaban J connectivity index is 1.47. The molecule has 2 aromatic heterocycles. The Morgan fingerprint density at radius 1 is 1.37 bits per heavy atom. The Hall–Kier alpha value is -1.83. The quantitative estimate of drug-likeness (QED) is 0.548. The maximum absolute atomic E-state index is 12.5. The van der Waals surface area contributed by atoms with Gasteiger partial charge in [0.15, 0.2) is 11.0 Å². The van der Waals surface area contributed by atoms with Crippen molar-refractivity contribution < 1.29 is 4.79 Å². The van der Waals surface area contributed by atoms with Gasteiger partial charge in [0.1, 0.15) is 0 Å². The highest BCUT2D eigenvalue weighted by Crippen LogP contribution is 2.41. The Bertz CT molecular complexity index is 957. The van der Waals surface area contributed by atoms with Crippen LogP contribution in [0.5, 0.6) is 0 Å². The van der Waals surface area contributed by atoms with E-state index in [-0.39, 0.29) is 11.7 Å². The van der Waals surface area contributed by atoms with Crippen molar-refractivity contribution in [2.45, 2.75) is 37.9 Å². The standard InChI is InChI=1S/C19H19ClN4OS2/c1-11-8-12(2)17(14(20)9-11)21-16(25)10-27-19-23-22-18(15-4-3-7-26-15)24(19)13-5-6-13/h3-4,7-9,13H,5-6,10H2,1-2H3,(H,21,25). The average molecular weight is 419 g/mol. The summed E-state index contributed by atoms with van der Waals surface area (Å²) in [5.74, 6) is 1.06. The lowest BCUT2D eigenvalue weighted by molar-refractivity contribution is -0.113. The van der Waals surface area contributed by atoms with Gasteiger partial charge in [-0.2, -0.15) is 0 Å². The zero-order valence-electron chi connectivity index (χ0n) is 15.0. The monoisotopic (exact) mass is 418 g/mol. The number of hydrogen-bond acceptors (Lipinski definition) is 5. The van der Waals surface area contributed by atoms with Crippen molar-refractivity contribution in [2.75, 3.05) is 11.1 Å². The fraction of sp³-hybridized carbons (Fsp3) is 0.316. The molecule has 1 amide bonds. The lowest BCUT2D eigenvalue weighted by Crippen LogP contribution is -2.16. The van der Waals surface area contributed by atoms with Crippen molar-refractivity contribution in [1.82, 2.24) is 14.8 Å². The number of aromatic nitrogens is 3. The predicted octanol–water partition coefficient (Wildman–Crippen LogP) is 5.34. The normalized spacial score (nSPS) is 13.7. The third-order valence-electron chi connectivity index (χ3n) is 4.35. The van der Waals surface area contributed by atoms with Crippen LogP contribution in [0.3, 0.4) is 0 Å². The van der Waals surface area contributed by atoms with Crippen LogP contribution in [0.15, 0.2) is 34.8 Å². The SMILES string of the molecule is Cc1cc(C)c(NC(=O)CSc2nnc(-c3cccs3)n2C2CC2)c(Cl)c1. The number of halogens is 1. The van der Waals surface area contributed by atoms with Gasteiger partial charge in [0.25, 0.3) is 0 Å². The second-order valence-corrected chi connectivity index (χ2v) is 8.96. The van der Waals surface area contributed by atoms with Gasteiger partial charge in [0.2, 0.25) is 5.91 Å². The third-order valence-corrected chi connectivity index (χ3v) is 6.45. The minimum Gasteiger partial charge on any atom is -0.324 e. The van der Waals surface area contributed by atoms with Crippen LogP contribution in [0.4, 0.5) is 5.69 Å². The number of anilines is 1. The van der Waals surface area contributed by atoms with Crippen molar-refractivity contribution in [1.29, 1.82) is 0 Å². The molecule has 27 heavy (non-hydrogen) atoms. The van der Waals surface area contributed by atoms with Crippen molar-refractivity contribution >= 4 is 46.3 Å². The Labute approximate surface area is 171 Å². The summed E-state index contributed by atoms with van der Waals surface area (Å²) in [5.41, 5.74) is 2.71. The molecule has 1 aliphatic rings. The van der Waals surface area contributed by atoms with E-state index in [1.807, 2.05) is 37.4 Å². The van der Waals surface area contributed by atoms with Crippen LogP contribution >= 0.6 is 34.7 Å². The summed E-state index contributed by atoms with van der Waals surface area (Å²) in [7, 11) is 0. The van der Waals surface area contributed by atoms with Crippen LogP contribution in [0.25, 0.3) is 10.7 Å². The summed E-state index contributed by atoms with van der Waals surface area (Å²) in [6.07, 6.45) is 2.27. The van der Waals surface area contributed by atoms with Crippen molar-refractivity contribution in [3.63, 3.8) is 0 Å². The molecule has 4 rings (SSSR count). The van der Waals surface area contributed by atoms with Gasteiger partial charge in [0, 0.05) is 6.04 Å². The van der Waals surface area contributed by atoms with Crippen LogP contribution in [0.2, 0.25) is 5.02 Å². The minimum absolute atomic E-state index is 0.100. The molecule has 2 heterocycles. The Morgan fingerprint density at radius 2 is 2.19 bits per heavy atom. The lowest BCUT2D eigenvalue weighted by Gasteiger charge is -2.12. The van der Waals surface area contributed by atoms with E-state index in [1.165, 1.54) is 11.8 Å². The van der Waals surface area contributed by atoms with Gasteiger partial charge in [-0.05, 0) is 55.3 Å². The number of amides is 1.